The van der Waals surface area contributed by atoms with Crippen molar-refractivity contribution < 1.29 is 13.9 Å². The average Bonchev–Trinajstić information content (AvgIpc) is 3.15. The number of amides is 1. The Bertz CT molecular complexity index is 767. The van der Waals surface area contributed by atoms with Gasteiger partial charge in [0.1, 0.15) is 11.5 Å². The van der Waals surface area contributed by atoms with E-state index in [9.17, 15) is 4.79 Å². The summed E-state index contributed by atoms with van der Waals surface area (Å²) in [5.74, 6) is 2.10. The van der Waals surface area contributed by atoms with Crippen LogP contribution in [0.3, 0.4) is 0 Å². The lowest BCUT2D eigenvalue weighted by atomic mass is 9.95. The third-order valence-electron chi connectivity index (χ3n) is 5.64. The van der Waals surface area contributed by atoms with Gasteiger partial charge in [0.2, 0.25) is 5.91 Å². The second-order valence-electron chi connectivity index (χ2n) is 7.65. The maximum absolute atomic E-state index is 12.4. The fraction of sp³-hybridized carbons (Fsp3) is 0.565. The minimum absolute atomic E-state index is 0.0956. The topological polar surface area (TPSA) is 67.6 Å². The second-order valence-corrected chi connectivity index (χ2v) is 7.65. The third-order valence-corrected chi connectivity index (χ3v) is 5.64. The molecule has 1 atom stereocenters. The normalized spacial score (nSPS) is 16.7. The SMILES string of the molecule is CCOCCCNC(=O)C(C)N1CCC(c2nc(-c3ccccc3)c(C)o2)CC1. The van der Waals surface area contributed by atoms with Crippen LogP contribution < -0.4 is 5.32 Å². The molecular formula is C23H33N3O3. The quantitative estimate of drug-likeness (QED) is 0.650. The van der Waals surface area contributed by atoms with E-state index in [0.29, 0.717) is 19.1 Å². The van der Waals surface area contributed by atoms with E-state index in [-0.39, 0.29) is 11.9 Å². The summed E-state index contributed by atoms with van der Waals surface area (Å²) < 4.78 is 11.3. The zero-order chi connectivity index (χ0) is 20.6. The number of nitrogens with one attached hydrogen (secondary N) is 1. The number of aromatic nitrogens is 1. The maximum atomic E-state index is 12.4. The van der Waals surface area contributed by atoms with Crippen molar-refractivity contribution >= 4 is 5.91 Å². The predicted molar refractivity (Wildman–Crippen MR) is 114 cm³/mol. The number of hydrogen-bond acceptors (Lipinski definition) is 5. The summed E-state index contributed by atoms with van der Waals surface area (Å²) >= 11 is 0. The van der Waals surface area contributed by atoms with Gasteiger partial charge in [-0.25, -0.2) is 4.98 Å². The van der Waals surface area contributed by atoms with E-state index < -0.39 is 0 Å². The van der Waals surface area contributed by atoms with Crippen LogP contribution >= 0.6 is 0 Å². The van der Waals surface area contributed by atoms with Crippen LogP contribution in [0.25, 0.3) is 11.3 Å². The number of aryl methyl sites for hydroxylation is 1. The molecule has 0 bridgehead atoms. The Morgan fingerprint density at radius 3 is 2.72 bits per heavy atom. The van der Waals surface area contributed by atoms with Gasteiger partial charge in [0.15, 0.2) is 5.89 Å². The van der Waals surface area contributed by atoms with Gasteiger partial charge in [-0.05, 0) is 53.1 Å². The highest BCUT2D eigenvalue weighted by Crippen LogP contribution is 2.32. The Kier molecular flexibility index (Phi) is 7.83. The van der Waals surface area contributed by atoms with Crippen molar-refractivity contribution in [3.05, 3.63) is 42.0 Å². The van der Waals surface area contributed by atoms with Gasteiger partial charge in [0, 0.05) is 31.2 Å². The first-order valence-corrected chi connectivity index (χ1v) is 10.7. The van der Waals surface area contributed by atoms with E-state index in [4.69, 9.17) is 14.1 Å². The molecule has 1 aliphatic heterocycles. The second kappa shape index (κ2) is 10.6. The highest BCUT2D eigenvalue weighted by molar-refractivity contribution is 5.81. The van der Waals surface area contributed by atoms with Gasteiger partial charge in [-0.2, -0.15) is 0 Å². The van der Waals surface area contributed by atoms with Crippen molar-refractivity contribution in [1.29, 1.82) is 0 Å². The lowest BCUT2D eigenvalue weighted by Gasteiger charge is -2.34. The number of carbonyl (C=O) groups excluding carboxylic acids is 1. The van der Waals surface area contributed by atoms with Gasteiger partial charge in [-0.1, -0.05) is 30.3 Å². The number of hydrogen-bond donors (Lipinski definition) is 1. The van der Waals surface area contributed by atoms with Crippen LogP contribution in [-0.2, 0) is 9.53 Å². The number of ether oxygens (including phenoxy) is 1. The van der Waals surface area contributed by atoms with Crippen LogP contribution in [0.1, 0.15) is 50.7 Å². The molecule has 2 heterocycles. The molecule has 1 N–H and O–H groups in total. The fourth-order valence-corrected chi connectivity index (χ4v) is 3.83. The predicted octanol–water partition coefficient (Wildman–Crippen LogP) is 3.76. The highest BCUT2D eigenvalue weighted by Gasteiger charge is 2.29. The summed E-state index contributed by atoms with van der Waals surface area (Å²) in [5.41, 5.74) is 2.02. The van der Waals surface area contributed by atoms with Gasteiger partial charge in [-0.15, -0.1) is 0 Å². The summed E-state index contributed by atoms with van der Waals surface area (Å²) in [5, 5.41) is 3.02. The van der Waals surface area contributed by atoms with Crippen LogP contribution in [0.15, 0.2) is 34.7 Å². The van der Waals surface area contributed by atoms with Gasteiger partial charge in [0.05, 0.1) is 6.04 Å². The van der Waals surface area contributed by atoms with Gasteiger partial charge >= 0.3 is 0 Å². The standard InChI is InChI=1S/C23H33N3O3/c1-4-28-16-8-13-24-22(27)17(2)26-14-11-20(12-15-26)23-25-21(18(3)29-23)19-9-6-5-7-10-19/h5-7,9-10,17,20H,4,8,11-16H2,1-3H3,(H,24,27). The molecule has 0 spiro atoms. The van der Waals surface area contributed by atoms with Crippen molar-refractivity contribution in [2.24, 2.45) is 0 Å². The molecule has 2 aromatic rings. The number of rotatable bonds is 9. The molecule has 1 aromatic heterocycles. The zero-order valence-electron chi connectivity index (χ0n) is 17.8. The Labute approximate surface area is 173 Å². The molecule has 1 amide bonds. The molecule has 6 nitrogen and oxygen atoms in total. The van der Waals surface area contributed by atoms with Crippen LogP contribution in [0, 0.1) is 6.92 Å². The first-order chi connectivity index (χ1) is 14.1. The first-order valence-electron chi connectivity index (χ1n) is 10.7. The van der Waals surface area contributed by atoms with Crippen molar-refractivity contribution in [1.82, 2.24) is 15.2 Å². The minimum atomic E-state index is -0.116. The smallest absolute Gasteiger partial charge is 0.237 e. The van der Waals surface area contributed by atoms with Crippen molar-refractivity contribution in [3.8, 4) is 11.3 Å². The summed E-state index contributed by atoms with van der Waals surface area (Å²) in [4.78, 5) is 19.5. The Morgan fingerprint density at radius 2 is 2.03 bits per heavy atom. The number of piperidine rings is 1. The molecule has 1 saturated heterocycles. The van der Waals surface area contributed by atoms with Crippen LogP contribution in [-0.4, -0.2) is 54.7 Å². The van der Waals surface area contributed by atoms with E-state index in [1.807, 2.05) is 39.0 Å². The lowest BCUT2D eigenvalue weighted by Crippen LogP contribution is -2.48. The zero-order valence-corrected chi connectivity index (χ0v) is 17.8. The maximum Gasteiger partial charge on any atom is 0.237 e. The molecule has 1 aliphatic rings. The number of carbonyl (C=O) groups is 1. The third kappa shape index (κ3) is 5.67. The van der Waals surface area contributed by atoms with Gasteiger partial charge in [0.25, 0.3) is 0 Å². The van der Waals surface area contributed by atoms with E-state index >= 15 is 0 Å². The Balaban J connectivity index is 1.50. The molecule has 0 saturated carbocycles. The number of nitrogens with zero attached hydrogens (tertiary/aromatic N) is 2. The van der Waals surface area contributed by atoms with E-state index in [1.165, 1.54) is 0 Å². The molecule has 0 radical (unpaired) electrons. The Hall–Kier alpha value is -2.18. The summed E-state index contributed by atoms with van der Waals surface area (Å²) in [6.07, 6.45) is 2.76. The Morgan fingerprint density at radius 1 is 1.31 bits per heavy atom. The molecule has 3 rings (SSSR count). The first kappa shape index (κ1) is 21.5. The lowest BCUT2D eigenvalue weighted by molar-refractivity contribution is -0.126. The largest absolute Gasteiger partial charge is 0.445 e. The molecule has 1 unspecified atom stereocenters. The van der Waals surface area contributed by atoms with Crippen molar-refractivity contribution in [2.75, 3.05) is 32.8 Å². The molecular weight excluding hydrogens is 366 g/mol. The van der Waals surface area contributed by atoms with Crippen LogP contribution in [0.5, 0.6) is 0 Å². The average molecular weight is 400 g/mol. The molecule has 6 heteroatoms. The van der Waals surface area contributed by atoms with E-state index in [1.54, 1.807) is 0 Å². The van der Waals surface area contributed by atoms with E-state index in [0.717, 1.165) is 61.9 Å². The fourth-order valence-electron chi connectivity index (χ4n) is 3.83. The van der Waals surface area contributed by atoms with Crippen molar-refractivity contribution in [3.63, 3.8) is 0 Å². The van der Waals surface area contributed by atoms with Crippen LogP contribution in [0.2, 0.25) is 0 Å². The van der Waals surface area contributed by atoms with Crippen LogP contribution in [0.4, 0.5) is 0 Å². The number of likely N-dealkylation sites (tertiary alicyclic amines) is 1. The van der Waals surface area contributed by atoms with Crippen molar-refractivity contribution in [2.45, 2.75) is 52.0 Å². The molecule has 1 aromatic carbocycles. The minimum Gasteiger partial charge on any atom is -0.445 e. The summed E-state index contributed by atoms with van der Waals surface area (Å²) in [7, 11) is 0. The number of benzene rings is 1. The highest BCUT2D eigenvalue weighted by atomic mass is 16.5. The van der Waals surface area contributed by atoms with E-state index in [2.05, 4.69) is 22.3 Å². The summed E-state index contributed by atoms with van der Waals surface area (Å²) in [6.45, 7) is 9.77. The van der Waals surface area contributed by atoms with Gasteiger partial charge < -0.3 is 14.5 Å². The molecule has 29 heavy (non-hydrogen) atoms. The monoisotopic (exact) mass is 399 g/mol. The van der Waals surface area contributed by atoms with Gasteiger partial charge in [-0.3, -0.25) is 9.69 Å². The molecule has 1 fully saturated rings. The molecule has 158 valence electrons. The number of oxazole rings is 1. The molecule has 0 aliphatic carbocycles. The summed E-state index contributed by atoms with van der Waals surface area (Å²) in [6, 6.07) is 10.0.